The Morgan fingerprint density at radius 1 is 1.27 bits per heavy atom. The van der Waals surface area contributed by atoms with Crippen LogP contribution in [0.1, 0.15) is 25.6 Å². The van der Waals surface area contributed by atoms with Crippen molar-refractivity contribution in [3.8, 4) is 11.6 Å². The molecule has 0 saturated carbocycles. The molecule has 1 heterocycles. The van der Waals surface area contributed by atoms with Crippen molar-refractivity contribution in [1.82, 2.24) is 4.57 Å². The Bertz CT molecular complexity index is 761. The molecule has 0 radical (unpaired) electrons. The summed E-state index contributed by atoms with van der Waals surface area (Å²) in [4.78, 5) is 27.8. The van der Waals surface area contributed by atoms with E-state index in [1.807, 2.05) is 19.1 Å². The Labute approximate surface area is 131 Å². The Kier molecular flexibility index (Phi) is 5.11. The summed E-state index contributed by atoms with van der Waals surface area (Å²) in [5, 5.41) is 1.57. The SMILES string of the molecule is CCOc1ccccc1N=c1scc(OC(C)=O)n1C(C)=O. The predicted octanol–water partition coefficient (Wildman–Crippen LogP) is 2.77. The summed E-state index contributed by atoms with van der Waals surface area (Å²) >= 11 is 1.21. The van der Waals surface area contributed by atoms with Crippen LogP contribution in [0.4, 0.5) is 5.69 Å². The second-order valence-corrected chi connectivity index (χ2v) is 5.15. The summed E-state index contributed by atoms with van der Waals surface area (Å²) < 4.78 is 11.8. The van der Waals surface area contributed by atoms with Gasteiger partial charge in [-0.1, -0.05) is 12.1 Å². The first kappa shape index (κ1) is 16.0. The second-order valence-electron chi connectivity index (χ2n) is 4.32. The van der Waals surface area contributed by atoms with Gasteiger partial charge in [0.15, 0.2) is 4.80 Å². The van der Waals surface area contributed by atoms with Crippen molar-refractivity contribution in [3.63, 3.8) is 0 Å². The molecule has 0 spiro atoms. The lowest BCUT2D eigenvalue weighted by molar-refractivity contribution is -0.132. The van der Waals surface area contributed by atoms with Gasteiger partial charge in [0.1, 0.15) is 11.4 Å². The topological polar surface area (TPSA) is 69.9 Å². The molecule has 1 aromatic carbocycles. The van der Waals surface area contributed by atoms with E-state index in [1.54, 1.807) is 17.5 Å². The third kappa shape index (κ3) is 3.62. The standard InChI is InChI=1S/C15H16N2O4S/c1-4-20-13-8-6-5-7-12(13)16-15-17(10(2)18)14(9-22-15)21-11(3)19/h5-9H,4H2,1-3H3. The lowest BCUT2D eigenvalue weighted by Gasteiger charge is -2.06. The number of thiazole rings is 1. The Balaban J connectivity index is 2.55. The number of hydrogen-bond donors (Lipinski definition) is 0. The van der Waals surface area contributed by atoms with E-state index in [1.165, 1.54) is 29.8 Å². The zero-order valence-electron chi connectivity index (χ0n) is 12.5. The third-order valence-corrected chi connectivity index (χ3v) is 3.43. The highest BCUT2D eigenvalue weighted by molar-refractivity contribution is 7.07. The molecule has 0 saturated heterocycles. The van der Waals surface area contributed by atoms with E-state index in [0.29, 0.717) is 22.8 Å². The average molecular weight is 320 g/mol. The van der Waals surface area contributed by atoms with E-state index in [2.05, 4.69) is 4.99 Å². The monoisotopic (exact) mass is 320 g/mol. The summed E-state index contributed by atoms with van der Waals surface area (Å²) in [5.41, 5.74) is 0.607. The number of ether oxygens (including phenoxy) is 2. The highest BCUT2D eigenvalue weighted by Gasteiger charge is 2.13. The molecular formula is C15H16N2O4S. The van der Waals surface area contributed by atoms with Gasteiger partial charge in [-0.2, -0.15) is 0 Å². The van der Waals surface area contributed by atoms with Crippen molar-refractivity contribution in [2.24, 2.45) is 4.99 Å². The van der Waals surface area contributed by atoms with Crippen molar-refractivity contribution in [2.45, 2.75) is 20.8 Å². The number of carbonyl (C=O) groups excluding carboxylic acids is 2. The maximum Gasteiger partial charge on any atom is 0.309 e. The van der Waals surface area contributed by atoms with Crippen LogP contribution in [0.2, 0.25) is 0 Å². The number of benzene rings is 1. The fourth-order valence-electron chi connectivity index (χ4n) is 1.82. The van der Waals surface area contributed by atoms with Gasteiger partial charge in [-0.3, -0.25) is 9.59 Å². The van der Waals surface area contributed by atoms with Crippen LogP contribution in [0.15, 0.2) is 34.6 Å². The van der Waals surface area contributed by atoms with Gasteiger partial charge in [-0.05, 0) is 19.1 Å². The zero-order chi connectivity index (χ0) is 16.1. The minimum atomic E-state index is -0.492. The molecule has 116 valence electrons. The Morgan fingerprint density at radius 3 is 2.64 bits per heavy atom. The van der Waals surface area contributed by atoms with E-state index in [0.717, 1.165) is 0 Å². The van der Waals surface area contributed by atoms with Gasteiger partial charge in [-0.25, -0.2) is 9.56 Å². The number of carbonyl (C=O) groups is 2. The molecule has 0 atom stereocenters. The van der Waals surface area contributed by atoms with Crippen LogP contribution < -0.4 is 14.3 Å². The zero-order valence-corrected chi connectivity index (χ0v) is 13.3. The smallest absolute Gasteiger partial charge is 0.309 e. The summed E-state index contributed by atoms with van der Waals surface area (Å²) in [6.07, 6.45) is 0. The van der Waals surface area contributed by atoms with Crippen molar-refractivity contribution in [1.29, 1.82) is 0 Å². The van der Waals surface area contributed by atoms with Gasteiger partial charge in [0.25, 0.3) is 0 Å². The number of para-hydroxylation sites is 2. The van der Waals surface area contributed by atoms with Crippen LogP contribution in [0.3, 0.4) is 0 Å². The molecule has 6 nitrogen and oxygen atoms in total. The molecule has 1 aromatic heterocycles. The van der Waals surface area contributed by atoms with Gasteiger partial charge >= 0.3 is 5.97 Å². The van der Waals surface area contributed by atoms with Crippen molar-refractivity contribution in [2.75, 3.05) is 6.61 Å². The minimum absolute atomic E-state index is 0.164. The van der Waals surface area contributed by atoms with Crippen LogP contribution in [0.5, 0.6) is 11.6 Å². The summed E-state index contributed by atoms with van der Waals surface area (Å²) in [6.45, 7) is 5.06. The fourth-order valence-corrected chi connectivity index (χ4v) is 2.65. The number of nitrogens with zero attached hydrogens (tertiary/aromatic N) is 2. The fraction of sp³-hybridized carbons (Fsp3) is 0.267. The average Bonchev–Trinajstić information content (AvgIpc) is 2.83. The third-order valence-electron chi connectivity index (χ3n) is 2.62. The molecule has 0 fully saturated rings. The molecule has 7 heteroatoms. The van der Waals surface area contributed by atoms with Crippen molar-refractivity contribution < 1.29 is 19.1 Å². The summed E-state index contributed by atoms with van der Waals surface area (Å²) in [5.74, 6) is 0.0133. The van der Waals surface area contributed by atoms with E-state index < -0.39 is 5.97 Å². The van der Waals surface area contributed by atoms with Crippen LogP contribution in [0.25, 0.3) is 0 Å². The van der Waals surface area contributed by atoms with E-state index in [-0.39, 0.29) is 11.8 Å². The number of aromatic nitrogens is 1. The van der Waals surface area contributed by atoms with Crippen LogP contribution in [0, 0.1) is 0 Å². The van der Waals surface area contributed by atoms with Gasteiger partial charge < -0.3 is 9.47 Å². The first-order valence-corrected chi connectivity index (χ1v) is 7.57. The largest absolute Gasteiger partial charge is 0.492 e. The molecule has 0 amide bonds. The van der Waals surface area contributed by atoms with E-state index in [4.69, 9.17) is 9.47 Å². The highest BCUT2D eigenvalue weighted by atomic mass is 32.1. The minimum Gasteiger partial charge on any atom is -0.492 e. The number of esters is 1. The van der Waals surface area contributed by atoms with Gasteiger partial charge in [0.05, 0.1) is 12.0 Å². The molecule has 0 unspecified atom stereocenters. The quantitative estimate of drug-likeness (QED) is 0.812. The molecule has 2 aromatic rings. The first-order chi connectivity index (χ1) is 10.5. The van der Waals surface area contributed by atoms with E-state index >= 15 is 0 Å². The Hall–Kier alpha value is -2.41. The second kappa shape index (κ2) is 7.04. The predicted molar refractivity (Wildman–Crippen MR) is 82.8 cm³/mol. The normalized spacial score (nSPS) is 11.3. The molecule has 22 heavy (non-hydrogen) atoms. The van der Waals surface area contributed by atoms with Crippen molar-refractivity contribution >= 4 is 28.9 Å². The number of rotatable bonds is 4. The van der Waals surface area contributed by atoms with Gasteiger partial charge in [0, 0.05) is 13.8 Å². The highest BCUT2D eigenvalue weighted by Crippen LogP contribution is 2.26. The first-order valence-electron chi connectivity index (χ1n) is 6.69. The van der Waals surface area contributed by atoms with Gasteiger partial charge in [0.2, 0.25) is 11.8 Å². The molecule has 0 aliphatic heterocycles. The van der Waals surface area contributed by atoms with E-state index in [9.17, 15) is 9.59 Å². The molecule has 0 aliphatic carbocycles. The molecular weight excluding hydrogens is 304 g/mol. The van der Waals surface area contributed by atoms with Gasteiger partial charge in [-0.15, -0.1) is 11.3 Å². The summed E-state index contributed by atoms with van der Waals surface area (Å²) in [7, 11) is 0. The molecule has 2 rings (SSSR count). The lowest BCUT2D eigenvalue weighted by Crippen LogP contribution is -2.22. The van der Waals surface area contributed by atoms with Crippen LogP contribution in [-0.4, -0.2) is 23.1 Å². The lowest BCUT2D eigenvalue weighted by atomic mass is 10.3. The maximum atomic E-state index is 11.8. The Morgan fingerprint density at radius 2 is 2.00 bits per heavy atom. The molecule has 0 N–H and O–H groups in total. The maximum absolute atomic E-state index is 11.8. The van der Waals surface area contributed by atoms with Crippen molar-refractivity contribution in [3.05, 3.63) is 34.4 Å². The van der Waals surface area contributed by atoms with Crippen LogP contribution in [-0.2, 0) is 4.79 Å². The molecule has 0 bridgehead atoms. The molecule has 0 aliphatic rings. The summed E-state index contributed by atoms with van der Waals surface area (Å²) in [6, 6.07) is 7.28. The number of hydrogen-bond acceptors (Lipinski definition) is 6. The van der Waals surface area contributed by atoms with Crippen LogP contribution >= 0.6 is 11.3 Å².